The van der Waals surface area contributed by atoms with Crippen LogP contribution in [-0.4, -0.2) is 59.1 Å². The third kappa shape index (κ3) is 4.51. The normalized spacial score (nSPS) is 14.4. The highest BCUT2D eigenvalue weighted by Crippen LogP contribution is 2.32. The van der Waals surface area contributed by atoms with E-state index in [9.17, 15) is 4.79 Å². The molecule has 0 spiro atoms. The van der Waals surface area contributed by atoms with Crippen LogP contribution in [0.3, 0.4) is 0 Å². The number of halogens is 1. The maximum atomic E-state index is 13.0. The Bertz CT molecular complexity index is 1190. The van der Waals surface area contributed by atoms with E-state index >= 15 is 0 Å². The van der Waals surface area contributed by atoms with Crippen molar-refractivity contribution < 1.29 is 14.1 Å². The average molecular weight is 511 g/mol. The molecule has 2 N–H and O–H groups in total. The molecular formula is C19H17B2BrN6O3S. The van der Waals surface area contributed by atoms with Gasteiger partial charge in [-0.1, -0.05) is 11.8 Å². The van der Waals surface area contributed by atoms with Crippen LogP contribution < -0.4 is 10.5 Å². The second-order valence-corrected chi connectivity index (χ2v) is 8.87. The molecule has 0 bridgehead atoms. The van der Waals surface area contributed by atoms with Gasteiger partial charge in [-0.2, -0.15) is 0 Å². The number of anilines is 2. The number of nitrogens with zero attached hydrogens (tertiary/aromatic N) is 5. The molecule has 160 valence electrons. The summed E-state index contributed by atoms with van der Waals surface area (Å²) in [6.45, 7) is 1.29. The van der Waals surface area contributed by atoms with E-state index < -0.39 is 0 Å². The number of carbonyl (C=O) groups excluding carboxylic acids is 1. The lowest BCUT2D eigenvalue weighted by atomic mass is 9.77. The van der Waals surface area contributed by atoms with Crippen molar-refractivity contribution in [2.24, 2.45) is 0 Å². The lowest BCUT2D eigenvalue weighted by molar-refractivity contribution is 0.0989. The Labute approximate surface area is 197 Å². The number of Topliss-reactive ketones (excluding diaryl/α,β-unsaturated/α-hetero) is 1. The molecule has 32 heavy (non-hydrogen) atoms. The molecule has 9 nitrogen and oxygen atoms in total. The van der Waals surface area contributed by atoms with Gasteiger partial charge in [-0.3, -0.25) is 9.78 Å². The molecule has 2 fully saturated rings. The summed E-state index contributed by atoms with van der Waals surface area (Å²) < 4.78 is 13.6. The molecule has 0 aliphatic carbocycles. The van der Waals surface area contributed by atoms with Crippen LogP contribution in [-0.2, 0) is 15.7 Å². The van der Waals surface area contributed by atoms with Crippen molar-refractivity contribution in [3.63, 3.8) is 0 Å². The van der Waals surface area contributed by atoms with Crippen LogP contribution in [0.4, 0.5) is 11.5 Å². The lowest BCUT2D eigenvalue weighted by Crippen LogP contribution is -2.37. The number of carbonyl (C=O) groups is 1. The van der Waals surface area contributed by atoms with Crippen molar-refractivity contribution >= 4 is 59.1 Å². The van der Waals surface area contributed by atoms with E-state index in [1.165, 1.54) is 11.8 Å². The lowest BCUT2D eigenvalue weighted by Gasteiger charge is -2.19. The van der Waals surface area contributed by atoms with Crippen LogP contribution in [0.2, 0.25) is 0 Å². The van der Waals surface area contributed by atoms with Crippen LogP contribution in [0.1, 0.15) is 16.1 Å². The van der Waals surface area contributed by atoms with E-state index in [0.717, 1.165) is 16.9 Å². The summed E-state index contributed by atoms with van der Waals surface area (Å²) >= 11 is 4.75. The van der Waals surface area contributed by atoms with Crippen molar-refractivity contribution in [1.82, 2.24) is 19.9 Å². The number of hydrogen-bond acceptors (Lipinski definition) is 10. The average Bonchev–Trinajstić information content (AvgIpc) is 3.72. The maximum absolute atomic E-state index is 13.0. The summed E-state index contributed by atoms with van der Waals surface area (Å²) in [6.07, 6.45) is 5.37. The molecule has 2 aliphatic heterocycles. The summed E-state index contributed by atoms with van der Waals surface area (Å²) in [5.74, 6) is 0.535. The number of nitrogens with two attached hydrogens (primary N) is 1. The standard InChI is InChI=1S/C19H17B2BrN6O3S/c1-32-19-25-14(7-17(27-19)28(20-9-30-20)21-10-31-21)12-4-5-24-8-11(12)6-15(29)18-13(23)2-3-16(22)26-18/h2-5,7-8H,6,9-10,23H2,1H3. The molecule has 5 heterocycles. The SMILES string of the molecule is CSc1nc(-c2ccncc2CC(=O)c2nc(Br)ccc2N)cc(N(B2CO2)B2CO2)n1. The van der Waals surface area contributed by atoms with Crippen molar-refractivity contribution in [3.8, 4) is 11.3 Å². The van der Waals surface area contributed by atoms with Crippen molar-refractivity contribution in [2.45, 2.75) is 11.6 Å². The summed E-state index contributed by atoms with van der Waals surface area (Å²) in [5, 5.41) is 0.621. The minimum atomic E-state index is -0.197. The minimum absolute atomic E-state index is 0.0379. The Balaban J connectivity index is 1.51. The molecule has 2 aliphatic rings. The summed E-state index contributed by atoms with van der Waals surface area (Å²) in [5.41, 5.74) is 8.77. The van der Waals surface area contributed by atoms with Gasteiger partial charge >= 0.3 is 14.1 Å². The van der Waals surface area contributed by atoms with Crippen LogP contribution in [0.15, 0.2) is 46.4 Å². The van der Waals surface area contributed by atoms with Gasteiger partial charge in [0.25, 0.3) is 0 Å². The molecule has 2 saturated heterocycles. The number of nitrogen functional groups attached to an aromatic ring is 1. The first-order chi connectivity index (χ1) is 15.5. The van der Waals surface area contributed by atoms with E-state index in [1.54, 1.807) is 24.5 Å². The fourth-order valence-corrected chi connectivity index (χ4v) is 4.09. The van der Waals surface area contributed by atoms with Crippen LogP contribution in [0, 0.1) is 0 Å². The second kappa shape index (κ2) is 8.81. The highest BCUT2D eigenvalue weighted by atomic mass is 79.9. The summed E-state index contributed by atoms with van der Waals surface area (Å²) in [6, 6.07) is 7.11. The fraction of sp³-hybridized carbons (Fsp3) is 0.211. The Hall–Kier alpha value is -2.47. The molecule has 0 saturated carbocycles. The molecule has 13 heteroatoms. The molecular weight excluding hydrogens is 494 g/mol. The Morgan fingerprint density at radius 1 is 1.22 bits per heavy atom. The van der Waals surface area contributed by atoms with E-state index in [0.29, 0.717) is 34.2 Å². The van der Waals surface area contributed by atoms with Gasteiger partial charge in [0.15, 0.2) is 10.9 Å². The molecule has 0 radical (unpaired) electrons. The number of ketones is 1. The molecule has 0 unspecified atom stereocenters. The third-order valence-corrected chi connectivity index (χ3v) is 6.07. The number of thioether (sulfide) groups is 1. The van der Waals surface area contributed by atoms with Gasteiger partial charge in [0.05, 0.1) is 24.4 Å². The van der Waals surface area contributed by atoms with Gasteiger partial charge in [-0.05, 0) is 45.9 Å². The molecule has 0 amide bonds. The van der Waals surface area contributed by atoms with Crippen LogP contribution in [0.5, 0.6) is 0 Å². The highest BCUT2D eigenvalue weighted by Gasteiger charge is 2.50. The minimum Gasteiger partial charge on any atom is -0.418 e. The highest BCUT2D eigenvalue weighted by molar-refractivity contribution is 9.10. The summed E-state index contributed by atoms with van der Waals surface area (Å²) in [7, 11) is -0.0759. The topological polar surface area (TPSA) is 123 Å². The van der Waals surface area contributed by atoms with Gasteiger partial charge in [0, 0.05) is 30.4 Å². The zero-order valence-corrected chi connectivity index (χ0v) is 19.5. The zero-order valence-electron chi connectivity index (χ0n) is 17.1. The molecule has 3 aromatic rings. The van der Waals surface area contributed by atoms with Crippen molar-refractivity contribution in [3.05, 3.63) is 52.5 Å². The van der Waals surface area contributed by atoms with Crippen molar-refractivity contribution in [1.29, 1.82) is 0 Å². The predicted octanol–water partition coefficient (Wildman–Crippen LogP) is 2.35. The van der Waals surface area contributed by atoms with Crippen LogP contribution in [0.25, 0.3) is 11.3 Å². The Kier molecular flexibility index (Phi) is 5.89. The van der Waals surface area contributed by atoms with Gasteiger partial charge < -0.3 is 19.8 Å². The van der Waals surface area contributed by atoms with Gasteiger partial charge in [-0.25, -0.2) is 15.0 Å². The molecule has 5 rings (SSSR count). The van der Waals surface area contributed by atoms with Crippen molar-refractivity contribution in [2.75, 3.05) is 29.7 Å². The third-order valence-electron chi connectivity index (χ3n) is 5.08. The number of aromatic nitrogens is 4. The van der Waals surface area contributed by atoms with E-state index in [1.807, 2.05) is 23.1 Å². The quantitative estimate of drug-likeness (QED) is 0.121. The smallest absolute Gasteiger partial charge is 0.418 e. The first-order valence-electron chi connectivity index (χ1n) is 9.86. The van der Waals surface area contributed by atoms with Gasteiger partial charge in [-0.15, -0.1) is 0 Å². The predicted molar refractivity (Wildman–Crippen MR) is 127 cm³/mol. The van der Waals surface area contributed by atoms with E-state index in [-0.39, 0.29) is 32.0 Å². The first-order valence-corrected chi connectivity index (χ1v) is 11.9. The second-order valence-electron chi connectivity index (χ2n) is 7.29. The number of pyridine rings is 2. The maximum Gasteiger partial charge on any atom is 0.430 e. The molecule has 0 aromatic carbocycles. The Morgan fingerprint density at radius 2 is 1.97 bits per heavy atom. The summed E-state index contributed by atoms with van der Waals surface area (Å²) in [4.78, 5) is 30.8. The number of rotatable bonds is 8. The van der Waals surface area contributed by atoms with E-state index in [2.05, 4.69) is 30.9 Å². The van der Waals surface area contributed by atoms with Gasteiger partial charge in [0.1, 0.15) is 16.1 Å². The molecule has 3 aromatic heterocycles. The number of hydrogen-bond donors (Lipinski definition) is 1. The van der Waals surface area contributed by atoms with Crippen LogP contribution >= 0.6 is 27.7 Å². The zero-order chi connectivity index (χ0) is 22.2. The fourth-order valence-electron chi connectivity index (χ4n) is 3.41. The monoisotopic (exact) mass is 510 g/mol. The van der Waals surface area contributed by atoms with Gasteiger partial charge in [0.2, 0.25) is 0 Å². The first kappa shape index (κ1) is 21.4. The van der Waals surface area contributed by atoms with E-state index in [4.69, 9.17) is 20.0 Å². The largest absolute Gasteiger partial charge is 0.430 e. The Morgan fingerprint density at radius 3 is 2.66 bits per heavy atom. The molecule has 0 atom stereocenters.